The summed E-state index contributed by atoms with van der Waals surface area (Å²) in [5.41, 5.74) is 0.105. The number of ether oxygens (including phenoxy) is 1. The number of rotatable bonds is 1. The Bertz CT molecular complexity index is 227. The van der Waals surface area contributed by atoms with Crippen LogP contribution in [0.3, 0.4) is 0 Å². The largest absolute Gasteiger partial charge is 0.478 e. The summed E-state index contributed by atoms with van der Waals surface area (Å²) >= 11 is 0. The molecule has 0 saturated carbocycles. The van der Waals surface area contributed by atoms with E-state index in [1.54, 1.807) is 0 Å². The Hall–Kier alpha value is -1.58. The van der Waals surface area contributed by atoms with Gasteiger partial charge in [0.1, 0.15) is 0 Å². The SMILES string of the molecule is O=C(O)C1=CN=COC=C1. The molecule has 1 heterocycles. The molecule has 1 aliphatic rings. The van der Waals surface area contributed by atoms with Gasteiger partial charge >= 0.3 is 5.97 Å². The van der Waals surface area contributed by atoms with Gasteiger partial charge < -0.3 is 9.84 Å². The molecule has 0 spiro atoms. The summed E-state index contributed by atoms with van der Waals surface area (Å²) in [7, 11) is 0. The van der Waals surface area contributed by atoms with Crippen LogP contribution in [0.4, 0.5) is 0 Å². The van der Waals surface area contributed by atoms with Crippen LogP contribution in [-0.4, -0.2) is 17.5 Å². The number of carboxylic acid groups (broad SMARTS) is 1. The molecule has 1 rings (SSSR count). The van der Waals surface area contributed by atoms with Gasteiger partial charge in [-0.05, 0) is 6.08 Å². The molecule has 0 aliphatic carbocycles. The van der Waals surface area contributed by atoms with E-state index in [0.29, 0.717) is 0 Å². The second kappa shape index (κ2) is 2.82. The van der Waals surface area contributed by atoms with Gasteiger partial charge in [0.25, 0.3) is 0 Å². The first-order valence-corrected chi connectivity index (χ1v) is 2.58. The number of carboxylic acids is 1. The zero-order valence-electron chi connectivity index (χ0n) is 5.02. The molecule has 0 aromatic heterocycles. The summed E-state index contributed by atoms with van der Waals surface area (Å²) in [6.45, 7) is 0. The molecule has 10 heavy (non-hydrogen) atoms. The summed E-state index contributed by atoms with van der Waals surface area (Å²) in [6.07, 6.45) is 4.96. The first-order valence-electron chi connectivity index (χ1n) is 2.58. The lowest BCUT2D eigenvalue weighted by atomic mass is 10.3. The van der Waals surface area contributed by atoms with Crippen molar-refractivity contribution in [1.82, 2.24) is 0 Å². The zero-order chi connectivity index (χ0) is 7.40. The van der Waals surface area contributed by atoms with Crippen LogP contribution < -0.4 is 0 Å². The van der Waals surface area contributed by atoms with Gasteiger partial charge in [0.15, 0.2) is 6.40 Å². The highest BCUT2D eigenvalue weighted by Gasteiger charge is 2.02. The van der Waals surface area contributed by atoms with Crippen LogP contribution in [0.1, 0.15) is 0 Å². The van der Waals surface area contributed by atoms with Gasteiger partial charge in [-0.3, -0.25) is 0 Å². The first kappa shape index (κ1) is 6.54. The molecule has 0 amide bonds. The number of hydrogen-bond donors (Lipinski definition) is 1. The van der Waals surface area contributed by atoms with Crippen LogP contribution in [0.2, 0.25) is 0 Å². The summed E-state index contributed by atoms with van der Waals surface area (Å²) in [5, 5.41) is 8.41. The van der Waals surface area contributed by atoms with E-state index in [4.69, 9.17) is 5.11 Å². The molecule has 1 aliphatic heterocycles. The molecular weight excluding hydrogens is 134 g/mol. The number of nitrogens with zero attached hydrogens (tertiary/aromatic N) is 1. The Morgan fingerprint density at radius 2 is 2.50 bits per heavy atom. The average molecular weight is 139 g/mol. The van der Waals surface area contributed by atoms with Gasteiger partial charge in [0.05, 0.1) is 11.8 Å². The Morgan fingerprint density at radius 1 is 1.70 bits per heavy atom. The predicted octanol–water partition coefficient (Wildman–Crippen LogP) is 0.527. The van der Waals surface area contributed by atoms with Gasteiger partial charge in [-0.1, -0.05) is 0 Å². The van der Waals surface area contributed by atoms with Crippen LogP contribution in [0.5, 0.6) is 0 Å². The lowest BCUT2D eigenvalue weighted by Crippen LogP contribution is -1.95. The molecule has 0 atom stereocenters. The Balaban J connectivity index is 2.83. The van der Waals surface area contributed by atoms with E-state index in [1.807, 2.05) is 0 Å². The van der Waals surface area contributed by atoms with Crippen molar-refractivity contribution in [2.75, 3.05) is 0 Å². The minimum atomic E-state index is -1.01. The predicted molar refractivity (Wildman–Crippen MR) is 34.4 cm³/mol. The van der Waals surface area contributed by atoms with Crippen LogP contribution in [0, 0.1) is 0 Å². The van der Waals surface area contributed by atoms with Crippen molar-refractivity contribution < 1.29 is 14.6 Å². The summed E-state index contributed by atoms with van der Waals surface area (Å²) in [4.78, 5) is 13.8. The summed E-state index contributed by atoms with van der Waals surface area (Å²) < 4.78 is 4.59. The summed E-state index contributed by atoms with van der Waals surface area (Å²) in [6, 6.07) is 0. The van der Waals surface area contributed by atoms with Crippen molar-refractivity contribution in [3.63, 3.8) is 0 Å². The van der Waals surface area contributed by atoms with Gasteiger partial charge in [0, 0.05) is 6.20 Å². The van der Waals surface area contributed by atoms with E-state index in [-0.39, 0.29) is 5.57 Å². The van der Waals surface area contributed by atoms with Crippen molar-refractivity contribution in [3.05, 3.63) is 24.1 Å². The fraction of sp³-hybridized carbons (Fsp3) is 0. The van der Waals surface area contributed by atoms with Crippen molar-refractivity contribution in [3.8, 4) is 0 Å². The number of hydrogen-bond acceptors (Lipinski definition) is 3. The van der Waals surface area contributed by atoms with E-state index < -0.39 is 5.97 Å². The lowest BCUT2D eigenvalue weighted by molar-refractivity contribution is -0.132. The highest BCUT2D eigenvalue weighted by molar-refractivity contribution is 5.90. The standard InChI is InChI=1S/C6H5NO3/c8-6(9)5-1-2-10-4-7-3-5/h1-4H,(H,8,9). The van der Waals surface area contributed by atoms with Gasteiger partial charge in [-0.15, -0.1) is 0 Å². The lowest BCUT2D eigenvalue weighted by Gasteiger charge is -1.86. The second-order valence-electron chi connectivity index (χ2n) is 1.58. The second-order valence-corrected chi connectivity index (χ2v) is 1.58. The topological polar surface area (TPSA) is 58.9 Å². The minimum absolute atomic E-state index is 0.105. The number of carbonyl (C=O) groups is 1. The highest BCUT2D eigenvalue weighted by atomic mass is 16.5. The van der Waals surface area contributed by atoms with Crippen LogP contribution in [-0.2, 0) is 9.53 Å². The third-order valence-electron chi connectivity index (χ3n) is 0.908. The van der Waals surface area contributed by atoms with Crippen LogP contribution in [0.25, 0.3) is 0 Å². The molecular formula is C6H5NO3. The maximum Gasteiger partial charge on any atom is 0.337 e. The van der Waals surface area contributed by atoms with Crippen molar-refractivity contribution in [2.45, 2.75) is 0 Å². The molecule has 1 N–H and O–H groups in total. The van der Waals surface area contributed by atoms with E-state index in [2.05, 4.69) is 9.73 Å². The quantitative estimate of drug-likeness (QED) is 0.576. The number of aliphatic carboxylic acids is 1. The Labute approximate surface area is 57.1 Å². The fourth-order valence-corrected chi connectivity index (χ4v) is 0.463. The van der Waals surface area contributed by atoms with Crippen LogP contribution in [0.15, 0.2) is 29.1 Å². The molecule has 0 unspecified atom stereocenters. The Morgan fingerprint density at radius 3 is 3.20 bits per heavy atom. The van der Waals surface area contributed by atoms with Gasteiger partial charge in [-0.2, -0.15) is 0 Å². The first-order chi connectivity index (χ1) is 4.80. The number of aliphatic imine (C=N–C) groups is 1. The molecule has 0 aromatic carbocycles. The fourth-order valence-electron chi connectivity index (χ4n) is 0.463. The molecule has 4 nitrogen and oxygen atoms in total. The Kier molecular flexibility index (Phi) is 1.84. The molecule has 0 aromatic rings. The third-order valence-corrected chi connectivity index (χ3v) is 0.908. The third kappa shape index (κ3) is 1.45. The maximum absolute atomic E-state index is 10.3. The summed E-state index contributed by atoms with van der Waals surface area (Å²) in [5.74, 6) is -1.01. The minimum Gasteiger partial charge on any atom is -0.478 e. The van der Waals surface area contributed by atoms with Crippen molar-refractivity contribution in [1.29, 1.82) is 0 Å². The van der Waals surface area contributed by atoms with E-state index in [1.165, 1.54) is 18.5 Å². The molecule has 0 radical (unpaired) electrons. The smallest absolute Gasteiger partial charge is 0.337 e. The van der Waals surface area contributed by atoms with E-state index in [9.17, 15) is 4.79 Å². The monoisotopic (exact) mass is 139 g/mol. The van der Waals surface area contributed by atoms with Crippen LogP contribution >= 0.6 is 0 Å². The maximum atomic E-state index is 10.3. The molecule has 0 fully saturated rings. The molecule has 0 saturated heterocycles. The van der Waals surface area contributed by atoms with Crippen molar-refractivity contribution in [2.24, 2.45) is 4.99 Å². The average Bonchev–Trinajstić information content (AvgIpc) is 2.12. The molecule has 52 valence electrons. The molecule has 4 heteroatoms. The van der Waals surface area contributed by atoms with Crippen molar-refractivity contribution >= 4 is 12.4 Å². The highest BCUT2D eigenvalue weighted by Crippen LogP contribution is 1.99. The zero-order valence-corrected chi connectivity index (χ0v) is 5.02. The van der Waals surface area contributed by atoms with Gasteiger partial charge in [-0.25, -0.2) is 9.79 Å². The van der Waals surface area contributed by atoms with E-state index >= 15 is 0 Å². The normalized spacial score (nSPS) is 15.4. The van der Waals surface area contributed by atoms with Gasteiger partial charge in [0.2, 0.25) is 0 Å². The van der Waals surface area contributed by atoms with E-state index in [0.717, 1.165) is 6.40 Å². The molecule has 0 bridgehead atoms.